The summed E-state index contributed by atoms with van der Waals surface area (Å²) in [5, 5.41) is 4.18. The van der Waals surface area contributed by atoms with Crippen LogP contribution in [0.1, 0.15) is 24.2 Å². The molecule has 1 atom stereocenters. The third-order valence-electron chi connectivity index (χ3n) is 3.18. The molecule has 2 aromatic rings. The molecule has 1 heterocycles. The van der Waals surface area contributed by atoms with E-state index < -0.39 is 17.7 Å². The lowest BCUT2D eigenvalue weighted by atomic mass is 10.0. The Morgan fingerprint density at radius 2 is 2.19 bits per heavy atom. The van der Waals surface area contributed by atoms with Crippen LogP contribution >= 0.6 is 15.9 Å². The minimum Gasteiger partial charge on any atom is -0.493 e. The zero-order valence-electron chi connectivity index (χ0n) is 11.5. The normalized spacial score (nSPS) is 12.5. The fourth-order valence-electron chi connectivity index (χ4n) is 2.16. The average molecular weight is 361 g/mol. The minimum atomic E-state index is -0.964. The highest BCUT2D eigenvalue weighted by atomic mass is 79.9. The molecule has 2 rings (SSSR count). The molecule has 0 fully saturated rings. The number of hydrogen-bond acceptors (Lipinski definition) is 4. The zero-order valence-corrected chi connectivity index (χ0v) is 13.1. The number of benzene rings is 1. The van der Waals surface area contributed by atoms with E-state index >= 15 is 0 Å². The van der Waals surface area contributed by atoms with Crippen molar-refractivity contribution in [2.75, 3.05) is 7.11 Å². The lowest BCUT2D eigenvalue weighted by molar-refractivity contribution is 0.399. The average Bonchev–Trinajstić information content (AvgIpc) is 2.90. The van der Waals surface area contributed by atoms with Gasteiger partial charge >= 0.3 is 0 Å². The molecule has 0 radical (unpaired) electrons. The highest BCUT2D eigenvalue weighted by Crippen LogP contribution is 2.35. The summed E-state index contributed by atoms with van der Waals surface area (Å²) in [6, 6.07) is 1.91. The van der Waals surface area contributed by atoms with E-state index in [0.29, 0.717) is 23.6 Å². The molecule has 0 aliphatic heterocycles. The van der Waals surface area contributed by atoms with Crippen molar-refractivity contribution in [2.24, 2.45) is 5.84 Å². The summed E-state index contributed by atoms with van der Waals surface area (Å²) in [6.07, 6.45) is 1.55. The predicted molar refractivity (Wildman–Crippen MR) is 77.7 cm³/mol. The topological polar surface area (TPSA) is 65.1 Å². The number of hydrogen-bond donors (Lipinski definition) is 2. The third-order valence-corrected chi connectivity index (χ3v) is 3.99. The first-order valence-corrected chi connectivity index (χ1v) is 7.03. The van der Waals surface area contributed by atoms with E-state index in [0.717, 1.165) is 6.07 Å². The molecule has 0 aliphatic rings. The van der Waals surface area contributed by atoms with Crippen molar-refractivity contribution in [3.63, 3.8) is 0 Å². The summed E-state index contributed by atoms with van der Waals surface area (Å²) in [5.41, 5.74) is 3.68. The van der Waals surface area contributed by atoms with Crippen molar-refractivity contribution in [2.45, 2.75) is 19.5 Å². The molecule has 114 valence electrons. The van der Waals surface area contributed by atoms with Crippen molar-refractivity contribution in [3.05, 3.63) is 45.7 Å². The quantitative estimate of drug-likeness (QED) is 0.488. The Balaban J connectivity index is 2.60. The summed E-state index contributed by atoms with van der Waals surface area (Å²) in [7, 11) is 1.51. The SMILES string of the molecule is CCn1ncc(OC)c1C(NN)c1ccc(F)c(F)c1Br. The van der Waals surface area contributed by atoms with Gasteiger partial charge in [-0.05, 0) is 34.5 Å². The number of nitrogens with two attached hydrogens (primary N) is 1. The van der Waals surface area contributed by atoms with E-state index in [1.807, 2.05) is 6.92 Å². The standard InChI is InChI=1S/C13H15BrF2N4O/c1-3-20-13(9(21-2)6-18-20)12(19-17)7-4-5-8(15)11(16)10(7)14/h4-6,12,19H,3,17H2,1-2H3. The van der Waals surface area contributed by atoms with E-state index in [9.17, 15) is 8.78 Å². The Labute approximate surface area is 129 Å². The second-order valence-electron chi connectivity index (χ2n) is 4.28. The van der Waals surface area contributed by atoms with Crippen molar-refractivity contribution in [1.82, 2.24) is 15.2 Å². The molecule has 8 heteroatoms. The molecule has 0 saturated carbocycles. The molecular weight excluding hydrogens is 346 g/mol. The number of rotatable bonds is 5. The van der Waals surface area contributed by atoms with E-state index in [1.165, 1.54) is 13.2 Å². The highest BCUT2D eigenvalue weighted by Gasteiger charge is 2.26. The van der Waals surface area contributed by atoms with E-state index in [-0.39, 0.29) is 4.47 Å². The number of hydrazine groups is 1. The fourth-order valence-corrected chi connectivity index (χ4v) is 2.71. The van der Waals surface area contributed by atoms with Gasteiger partial charge in [0.05, 0.1) is 23.8 Å². The van der Waals surface area contributed by atoms with Gasteiger partial charge in [0, 0.05) is 6.54 Å². The smallest absolute Gasteiger partial charge is 0.173 e. The van der Waals surface area contributed by atoms with Gasteiger partial charge in [-0.2, -0.15) is 5.10 Å². The summed E-state index contributed by atoms with van der Waals surface area (Å²) in [5.74, 6) is 4.23. The van der Waals surface area contributed by atoms with Gasteiger partial charge < -0.3 is 4.74 Å². The number of aryl methyl sites for hydroxylation is 1. The van der Waals surface area contributed by atoms with Crippen LogP contribution in [0.5, 0.6) is 5.75 Å². The molecule has 0 bridgehead atoms. The van der Waals surface area contributed by atoms with Crippen LogP contribution in [0.25, 0.3) is 0 Å². The molecule has 21 heavy (non-hydrogen) atoms. The molecule has 1 unspecified atom stereocenters. The van der Waals surface area contributed by atoms with Crippen molar-refractivity contribution < 1.29 is 13.5 Å². The largest absolute Gasteiger partial charge is 0.493 e. The van der Waals surface area contributed by atoms with Crippen LogP contribution < -0.4 is 16.0 Å². The molecular formula is C13H15BrF2N4O. The van der Waals surface area contributed by atoms with Gasteiger partial charge in [-0.3, -0.25) is 10.5 Å². The van der Waals surface area contributed by atoms with E-state index in [4.69, 9.17) is 10.6 Å². The predicted octanol–water partition coefficient (Wildman–Crippen LogP) is 2.50. The van der Waals surface area contributed by atoms with Crippen LogP contribution in [0.3, 0.4) is 0 Å². The lowest BCUT2D eigenvalue weighted by Gasteiger charge is -2.20. The molecule has 0 amide bonds. The van der Waals surface area contributed by atoms with E-state index in [1.54, 1.807) is 10.9 Å². The molecule has 3 N–H and O–H groups in total. The Kier molecular flexibility index (Phi) is 4.92. The highest BCUT2D eigenvalue weighted by molar-refractivity contribution is 9.10. The molecule has 0 spiro atoms. The van der Waals surface area contributed by atoms with E-state index in [2.05, 4.69) is 26.5 Å². The number of nitrogens with zero attached hydrogens (tertiary/aromatic N) is 2. The van der Waals surface area contributed by atoms with Crippen LogP contribution in [0, 0.1) is 11.6 Å². The summed E-state index contributed by atoms with van der Waals surface area (Å²) < 4.78 is 34.0. The van der Waals surface area contributed by atoms with Gasteiger partial charge in [0.25, 0.3) is 0 Å². The Hall–Kier alpha value is -1.51. The van der Waals surface area contributed by atoms with Gasteiger partial charge in [0.1, 0.15) is 5.69 Å². The number of halogens is 3. The fraction of sp³-hybridized carbons (Fsp3) is 0.308. The number of nitrogens with one attached hydrogen (secondary N) is 1. The second-order valence-corrected chi connectivity index (χ2v) is 5.07. The Bertz CT molecular complexity index is 626. The first-order chi connectivity index (χ1) is 10.0. The number of aromatic nitrogens is 2. The Morgan fingerprint density at radius 3 is 2.76 bits per heavy atom. The molecule has 0 aliphatic carbocycles. The van der Waals surface area contributed by atoms with Gasteiger partial charge in [-0.1, -0.05) is 6.07 Å². The van der Waals surface area contributed by atoms with Gasteiger partial charge in [0.15, 0.2) is 17.4 Å². The number of methoxy groups -OCH3 is 1. The maximum atomic E-state index is 13.8. The Morgan fingerprint density at radius 1 is 1.48 bits per heavy atom. The first-order valence-electron chi connectivity index (χ1n) is 6.24. The monoisotopic (exact) mass is 360 g/mol. The molecule has 0 saturated heterocycles. The van der Waals surface area contributed by atoms with Gasteiger partial charge in [0.2, 0.25) is 0 Å². The van der Waals surface area contributed by atoms with Crippen LogP contribution in [-0.4, -0.2) is 16.9 Å². The summed E-state index contributed by atoms with van der Waals surface area (Å²) in [4.78, 5) is 0. The minimum absolute atomic E-state index is 0.0105. The number of ether oxygens (including phenoxy) is 1. The van der Waals surface area contributed by atoms with Crippen LogP contribution in [-0.2, 0) is 6.54 Å². The van der Waals surface area contributed by atoms with Crippen molar-refractivity contribution >= 4 is 15.9 Å². The maximum absolute atomic E-state index is 13.8. The van der Waals surface area contributed by atoms with Crippen molar-refractivity contribution in [3.8, 4) is 5.75 Å². The second kappa shape index (κ2) is 6.50. The molecule has 5 nitrogen and oxygen atoms in total. The third kappa shape index (κ3) is 2.78. The van der Waals surface area contributed by atoms with Crippen LogP contribution in [0.4, 0.5) is 8.78 Å². The van der Waals surface area contributed by atoms with Crippen LogP contribution in [0.2, 0.25) is 0 Å². The first kappa shape index (κ1) is 15.9. The maximum Gasteiger partial charge on any atom is 0.173 e. The molecule has 1 aromatic carbocycles. The summed E-state index contributed by atoms with van der Waals surface area (Å²) in [6.45, 7) is 2.49. The van der Waals surface area contributed by atoms with Gasteiger partial charge in [-0.25, -0.2) is 14.2 Å². The molecule has 1 aromatic heterocycles. The summed E-state index contributed by atoms with van der Waals surface area (Å²) >= 11 is 3.07. The van der Waals surface area contributed by atoms with Gasteiger partial charge in [-0.15, -0.1) is 0 Å². The lowest BCUT2D eigenvalue weighted by Crippen LogP contribution is -2.31. The zero-order chi connectivity index (χ0) is 15.6. The van der Waals surface area contributed by atoms with Crippen molar-refractivity contribution in [1.29, 1.82) is 0 Å². The van der Waals surface area contributed by atoms with Crippen LogP contribution in [0.15, 0.2) is 22.8 Å².